The number of hydrogen-bond donors (Lipinski definition) is 2. The molecule has 3 N–H and O–H groups in total. The van der Waals surface area contributed by atoms with Crippen LogP contribution in [0.1, 0.15) is 12.5 Å². The van der Waals surface area contributed by atoms with E-state index in [0.29, 0.717) is 0 Å². The van der Waals surface area contributed by atoms with Crippen LogP contribution < -0.4 is 11.1 Å². The molecule has 0 aromatic heterocycles. The zero-order valence-corrected chi connectivity index (χ0v) is 7.99. The molecule has 0 aliphatic heterocycles. The molecule has 0 saturated carbocycles. The Bertz CT molecular complexity index is 359. The molecule has 0 amide bonds. The van der Waals surface area contributed by atoms with Crippen LogP contribution in [-0.4, -0.2) is 5.96 Å². The minimum absolute atomic E-state index is 0.108. The molecule has 0 aliphatic carbocycles. The van der Waals surface area contributed by atoms with Crippen LogP contribution in [0.4, 0.5) is 5.69 Å². The molecular weight excluding hydrogens is 176 g/mol. The molecule has 1 aromatic rings. The topological polar surface area (TPSA) is 74.2 Å². The molecule has 0 fully saturated rings. The first-order valence-corrected chi connectivity index (χ1v) is 4.34. The Balaban J connectivity index is 2.78. The smallest absolute Gasteiger partial charge is 0.207 e. The Morgan fingerprint density at radius 2 is 2.14 bits per heavy atom. The second-order valence-electron chi connectivity index (χ2n) is 2.75. The van der Waals surface area contributed by atoms with Gasteiger partial charge in [0.2, 0.25) is 5.96 Å². The number of aryl methyl sites for hydroxylation is 1. The van der Waals surface area contributed by atoms with E-state index in [0.717, 1.165) is 12.1 Å². The van der Waals surface area contributed by atoms with Gasteiger partial charge in [-0.15, -0.1) is 0 Å². The largest absolute Gasteiger partial charge is 0.369 e. The number of nitrogens with one attached hydrogen (secondary N) is 1. The second-order valence-corrected chi connectivity index (χ2v) is 2.75. The van der Waals surface area contributed by atoms with Gasteiger partial charge < -0.3 is 5.73 Å². The van der Waals surface area contributed by atoms with Gasteiger partial charge in [-0.1, -0.05) is 19.1 Å². The predicted octanol–water partition coefficient (Wildman–Crippen LogP) is 1.27. The summed E-state index contributed by atoms with van der Waals surface area (Å²) in [5.74, 6) is 0.108. The average molecular weight is 188 g/mol. The quantitative estimate of drug-likeness (QED) is 0.317. The molecule has 1 rings (SSSR count). The molecule has 0 unspecified atom stereocenters. The van der Waals surface area contributed by atoms with Gasteiger partial charge >= 0.3 is 0 Å². The van der Waals surface area contributed by atoms with E-state index in [9.17, 15) is 0 Å². The predicted molar refractivity (Wildman–Crippen MR) is 55.9 cm³/mol. The fourth-order valence-corrected chi connectivity index (χ4v) is 1.03. The van der Waals surface area contributed by atoms with Crippen molar-refractivity contribution in [1.29, 1.82) is 5.26 Å². The number of aliphatic imine (C=N–C) groups is 1. The van der Waals surface area contributed by atoms with Crippen LogP contribution in [0.5, 0.6) is 0 Å². The summed E-state index contributed by atoms with van der Waals surface area (Å²) >= 11 is 0. The highest BCUT2D eigenvalue weighted by Gasteiger charge is 1.92. The lowest BCUT2D eigenvalue weighted by Crippen LogP contribution is -2.26. The maximum atomic E-state index is 8.27. The molecule has 0 heterocycles. The fraction of sp³-hybridized carbons (Fsp3) is 0.200. The van der Waals surface area contributed by atoms with Crippen molar-refractivity contribution in [3.63, 3.8) is 0 Å². The van der Waals surface area contributed by atoms with Crippen molar-refractivity contribution in [3.05, 3.63) is 29.8 Å². The fourth-order valence-electron chi connectivity index (χ4n) is 1.03. The summed E-state index contributed by atoms with van der Waals surface area (Å²) in [5.41, 5.74) is 7.39. The van der Waals surface area contributed by atoms with Crippen LogP contribution in [0.25, 0.3) is 0 Å². The van der Waals surface area contributed by atoms with E-state index >= 15 is 0 Å². The zero-order chi connectivity index (χ0) is 10.4. The number of benzene rings is 1. The van der Waals surface area contributed by atoms with Crippen molar-refractivity contribution >= 4 is 11.6 Å². The standard InChI is InChI=1S/C10H12N4/c1-2-8-3-5-9(6-4-8)14-10(12)13-7-11/h3-6H,2H2,1H3,(H3,12,13,14). The summed E-state index contributed by atoms with van der Waals surface area (Å²) in [5, 5.41) is 10.5. The first-order chi connectivity index (χ1) is 6.76. The van der Waals surface area contributed by atoms with E-state index in [-0.39, 0.29) is 5.96 Å². The molecule has 0 aliphatic rings. The summed E-state index contributed by atoms with van der Waals surface area (Å²) in [6.07, 6.45) is 2.70. The second kappa shape index (κ2) is 4.87. The Morgan fingerprint density at radius 3 is 2.64 bits per heavy atom. The van der Waals surface area contributed by atoms with Crippen molar-refractivity contribution < 1.29 is 0 Å². The van der Waals surface area contributed by atoms with Crippen LogP contribution in [0, 0.1) is 11.5 Å². The Hall–Kier alpha value is -2.02. The highest BCUT2D eigenvalue weighted by atomic mass is 15.1. The van der Waals surface area contributed by atoms with Gasteiger partial charge in [-0.2, -0.15) is 5.26 Å². The molecule has 0 saturated heterocycles. The number of rotatable bonds is 2. The van der Waals surface area contributed by atoms with E-state index in [4.69, 9.17) is 11.0 Å². The molecule has 4 heteroatoms. The third-order valence-electron chi connectivity index (χ3n) is 1.78. The lowest BCUT2D eigenvalue weighted by atomic mass is 10.2. The molecule has 0 atom stereocenters. The number of hydrogen-bond acceptors (Lipinski definition) is 2. The van der Waals surface area contributed by atoms with Gasteiger partial charge in [0.15, 0.2) is 6.19 Å². The number of nitriles is 1. The van der Waals surface area contributed by atoms with Gasteiger partial charge in [0, 0.05) is 0 Å². The summed E-state index contributed by atoms with van der Waals surface area (Å²) in [7, 11) is 0. The molecule has 4 nitrogen and oxygen atoms in total. The van der Waals surface area contributed by atoms with Gasteiger partial charge in [-0.3, -0.25) is 5.32 Å². The molecular formula is C10H12N4. The molecule has 72 valence electrons. The summed E-state index contributed by atoms with van der Waals surface area (Å²) in [6, 6.07) is 7.70. The van der Waals surface area contributed by atoms with E-state index in [2.05, 4.69) is 17.2 Å². The summed E-state index contributed by atoms with van der Waals surface area (Å²) in [6.45, 7) is 2.09. The Kier molecular flexibility index (Phi) is 3.50. The van der Waals surface area contributed by atoms with Gasteiger partial charge in [-0.25, -0.2) is 4.99 Å². The first kappa shape index (κ1) is 10.1. The highest BCUT2D eigenvalue weighted by molar-refractivity contribution is 5.82. The van der Waals surface area contributed by atoms with Crippen LogP contribution in [0.3, 0.4) is 0 Å². The van der Waals surface area contributed by atoms with Gasteiger partial charge in [0.25, 0.3) is 0 Å². The van der Waals surface area contributed by atoms with Gasteiger partial charge in [-0.05, 0) is 24.1 Å². The SMILES string of the molecule is CCc1ccc(N=C(N)NC#N)cc1. The number of guanidine groups is 1. The maximum Gasteiger partial charge on any atom is 0.207 e. The third kappa shape index (κ3) is 2.79. The number of nitrogens with two attached hydrogens (primary N) is 1. The van der Waals surface area contributed by atoms with Crippen molar-refractivity contribution in [3.8, 4) is 6.19 Å². The average Bonchev–Trinajstić information content (AvgIpc) is 2.19. The molecule has 0 bridgehead atoms. The van der Waals surface area contributed by atoms with E-state index < -0.39 is 0 Å². The van der Waals surface area contributed by atoms with E-state index in [1.54, 1.807) is 6.19 Å². The van der Waals surface area contributed by atoms with Gasteiger partial charge in [0.05, 0.1) is 5.69 Å². The zero-order valence-electron chi connectivity index (χ0n) is 7.99. The summed E-state index contributed by atoms with van der Waals surface area (Å²) in [4.78, 5) is 3.98. The monoisotopic (exact) mass is 188 g/mol. The normalized spacial score (nSPS) is 10.7. The van der Waals surface area contributed by atoms with Crippen molar-refractivity contribution in [2.45, 2.75) is 13.3 Å². The van der Waals surface area contributed by atoms with Crippen molar-refractivity contribution in [1.82, 2.24) is 5.32 Å². The van der Waals surface area contributed by atoms with Crippen LogP contribution in [0.2, 0.25) is 0 Å². The Morgan fingerprint density at radius 1 is 1.50 bits per heavy atom. The third-order valence-corrected chi connectivity index (χ3v) is 1.78. The molecule has 0 spiro atoms. The lowest BCUT2D eigenvalue weighted by Gasteiger charge is -1.98. The highest BCUT2D eigenvalue weighted by Crippen LogP contribution is 2.12. The minimum atomic E-state index is 0.108. The lowest BCUT2D eigenvalue weighted by molar-refractivity contribution is 1.14. The van der Waals surface area contributed by atoms with Crippen LogP contribution in [-0.2, 0) is 6.42 Å². The van der Waals surface area contributed by atoms with E-state index in [1.165, 1.54) is 5.56 Å². The number of nitrogens with zero attached hydrogens (tertiary/aromatic N) is 2. The molecule has 14 heavy (non-hydrogen) atoms. The Labute approximate surface area is 83.1 Å². The van der Waals surface area contributed by atoms with Crippen molar-refractivity contribution in [2.24, 2.45) is 10.7 Å². The van der Waals surface area contributed by atoms with Crippen LogP contribution in [0.15, 0.2) is 29.3 Å². The summed E-state index contributed by atoms with van der Waals surface area (Å²) < 4.78 is 0. The maximum absolute atomic E-state index is 8.27. The van der Waals surface area contributed by atoms with Crippen LogP contribution >= 0.6 is 0 Å². The molecule has 0 radical (unpaired) electrons. The van der Waals surface area contributed by atoms with Crippen molar-refractivity contribution in [2.75, 3.05) is 0 Å². The molecule has 1 aromatic carbocycles. The minimum Gasteiger partial charge on any atom is -0.369 e. The van der Waals surface area contributed by atoms with Gasteiger partial charge in [0.1, 0.15) is 0 Å². The van der Waals surface area contributed by atoms with E-state index in [1.807, 2.05) is 24.3 Å². The first-order valence-electron chi connectivity index (χ1n) is 4.34.